The third-order valence-corrected chi connectivity index (χ3v) is 4.72. The number of hydroxylamine groups is 1. The average Bonchev–Trinajstić information content (AvgIpc) is 2.84. The van der Waals surface area contributed by atoms with E-state index in [0.29, 0.717) is 17.2 Å². The fraction of sp³-hybridized carbons (Fsp3) is 0.120. The fourth-order valence-corrected chi connectivity index (χ4v) is 2.75. The summed E-state index contributed by atoms with van der Waals surface area (Å²) in [5.41, 5.74) is 4.34. The summed E-state index contributed by atoms with van der Waals surface area (Å²) in [4.78, 5) is 44.0. The van der Waals surface area contributed by atoms with Gasteiger partial charge in [0, 0.05) is 16.8 Å². The summed E-state index contributed by atoms with van der Waals surface area (Å²) in [7, 11) is 0. The van der Waals surface area contributed by atoms with Gasteiger partial charge >= 0.3 is 11.9 Å². The standard InChI is InChI=1S/C17H18N2O3.C8H6O4/c1-11(2)12-7-9-15(10-8-12)18-16(20)13-3-5-14(6-4-13)17(21)19-22;9-7(10)5-1-2-6(4-3-5)8(11)12/h3-11,22H,1-2H3,(H,18,20)(H,19,21);1-4H,(H,9,10)(H,11,12). The van der Waals surface area contributed by atoms with Crippen LogP contribution in [-0.4, -0.2) is 39.2 Å². The topological polar surface area (TPSA) is 153 Å². The smallest absolute Gasteiger partial charge is 0.335 e. The Bertz CT molecular complexity index is 1120. The molecule has 176 valence electrons. The molecule has 0 radical (unpaired) electrons. The highest BCUT2D eigenvalue weighted by atomic mass is 16.5. The van der Waals surface area contributed by atoms with Crippen LogP contribution in [0.2, 0.25) is 0 Å². The third kappa shape index (κ3) is 7.28. The van der Waals surface area contributed by atoms with Crippen molar-refractivity contribution in [2.24, 2.45) is 0 Å². The molecule has 0 unspecified atom stereocenters. The second-order valence-corrected chi connectivity index (χ2v) is 7.44. The number of aromatic carboxylic acids is 2. The van der Waals surface area contributed by atoms with Gasteiger partial charge in [-0.2, -0.15) is 0 Å². The van der Waals surface area contributed by atoms with Gasteiger partial charge in [-0.25, -0.2) is 15.1 Å². The maximum atomic E-state index is 12.1. The molecule has 34 heavy (non-hydrogen) atoms. The van der Waals surface area contributed by atoms with Gasteiger partial charge in [0.1, 0.15) is 0 Å². The Morgan fingerprint density at radius 2 is 1.00 bits per heavy atom. The van der Waals surface area contributed by atoms with E-state index in [0.717, 1.165) is 0 Å². The van der Waals surface area contributed by atoms with Gasteiger partial charge in [0.25, 0.3) is 11.8 Å². The summed E-state index contributed by atoms with van der Waals surface area (Å²) >= 11 is 0. The first-order chi connectivity index (χ1) is 16.1. The molecule has 9 heteroatoms. The molecule has 0 aromatic heterocycles. The molecular formula is C25H24N2O7. The number of hydrogen-bond donors (Lipinski definition) is 5. The first-order valence-corrected chi connectivity index (χ1v) is 10.1. The number of hydrogen-bond acceptors (Lipinski definition) is 5. The zero-order valence-corrected chi connectivity index (χ0v) is 18.5. The number of carbonyl (C=O) groups is 4. The van der Waals surface area contributed by atoms with Gasteiger partial charge in [-0.1, -0.05) is 26.0 Å². The van der Waals surface area contributed by atoms with Gasteiger partial charge in [0.2, 0.25) is 0 Å². The number of carboxylic acid groups (broad SMARTS) is 2. The predicted octanol–water partition coefficient (Wildman–Crippen LogP) is 4.26. The van der Waals surface area contributed by atoms with Crippen LogP contribution in [0.1, 0.15) is 66.8 Å². The number of anilines is 1. The lowest BCUT2D eigenvalue weighted by atomic mass is 10.0. The molecule has 0 saturated carbocycles. The summed E-state index contributed by atoms with van der Waals surface area (Å²) in [5.74, 6) is -2.56. The van der Waals surface area contributed by atoms with Crippen molar-refractivity contribution in [1.82, 2.24) is 5.48 Å². The number of carboxylic acids is 2. The van der Waals surface area contributed by atoms with Gasteiger partial charge in [-0.15, -0.1) is 0 Å². The lowest BCUT2D eigenvalue weighted by Crippen LogP contribution is -2.19. The summed E-state index contributed by atoms with van der Waals surface area (Å²) in [6, 6.07) is 18.7. The van der Waals surface area contributed by atoms with Crippen molar-refractivity contribution in [3.05, 3.63) is 101 Å². The molecule has 0 spiro atoms. The molecule has 0 saturated heterocycles. The summed E-state index contributed by atoms with van der Waals surface area (Å²) in [5, 5.41) is 28.3. The zero-order chi connectivity index (χ0) is 25.3. The summed E-state index contributed by atoms with van der Waals surface area (Å²) < 4.78 is 0. The molecule has 3 rings (SSSR count). The average molecular weight is 464 g/mol. The Kier molecular flexibility index (Phi) is 9.04. The van der Waals surface area contributed by atoms with E-state index in [-0.39, 0.29) is 22.6 Å². The fourth-order valence-electron chi connectivity index (χ4n) is 2.75. The van der Waals surface area contributed by atoms with Crippen molar-refractivity contribution in [2.45, 2.75) is 19.8 Å². The zero-order valence-electron chi connectivity index (χ0n) is 18.5. The molecular weight excluding hydrogens is 440 g/mol. The number of benzene rings is 3. The van der Waals surface area contributed by atoms with Gasteiger partial charge in [-0.3, -0.25) is 14.8 Å². The van der Waals surface area contributed by atoms with Crippen LogP contribution in [0.3, 0.4) is 0 Å². The molecule has 0 heterocycles. The van der Waals surface area contributed by atoms with Crippen LogP contribution in [0.15, 0.2) is 72.8 Å². The molecule has 3 aromatic rings. The number of amides is 2. The second kappa shape index (κ2) is 11.9. The van der Waals surface area contributed by atoms with Crippen LogP contribution in [0.25, 0.3) is 0 Å². The van der Waals surface area contributed by atoms with Crippen LogP contribution >= 0.6 is 0 Å². The van der Waals surface area contributed by atoms with Gasteiger partial charge in [-0.05, 0) is 72.1 Å². The number of rotatable bonds is 6. The maximum absolute atomic E-state index is 12.1. The summed E-state index contributed by atoms with van der Waals surface area (Å²) in [6.07, 6.45) is 0. The van der Waals surface area contributed by atoms with E-state index in [1.807, 2.05) is 24.3 Å². The molecule has 3 aromatic carbocycles. The maximum Gasteiger partial charge on any atom is 0.335 e. The minimum absolute atomic E-state index is 0.0833. The van der Waals surface area contributed by atoms with Crippen molar-refractivity contribution < 1.29 is 34.6 Å². The Balaban J connectivity index is 0.000000287. The predicted molar refractivity (Wildman–Crippen MR) is 125 cm³/mol. The van der Waals surface area contributed by atoms with Crippen LogP contribution in [0.4, 0.5) is 5.69 Å². The molecule has 0 fully saturated rings. The van der Waals surface area contributed by atoms with Crippen molar-refractivity contribution in [1.29, 1.82) is 0 Å². The quantitative estimate of drug-likeness (QED) is 0.270. The van der Waals surface area contributed by atoms with Gasteiger partial charge < -0.3 is 15.5 Å². The number of nitrogens with one attached hydrogen (secondary N) is 2. The van der Waals surface area contributed by atoms with E-state index in [1.54, 1.807) is 5.48 Å². The lowest BCUT2D eigenvalue weighted by Gasteiger charge is -2.09. The van der Waals surface area contributed by atoms with Crippen LogP contribution < -0.4 is 10.8 Å². The van der Waals surface area contributed by atoms with Gasteiger partial charge in [0.05, 0.1) is 11.1 Å². The highest BCUT2D eigenvalue weighted by Crippen LogP contribution is 2.18. The Hall–Kier alpha value is -4.50. The van der Waals surface area contributed by atoms with Gasteiger partial charge in [0.15, 0.2) is 0 Å². The van der Waals surface area contributed by atoms with Crippen LogP contribution in [0, 0.1) is 0 Å². The molecule has 0 aliphatic rings. The van der Waals surface area contributed by atoms with Crippen molar-refractivity contribution in [3.8, 4) is 0 Å². The van der Waals surface area contributed by atoms with Crippen molar-refractivity contribution in [2.75, 3.05) is 5.32 Å². The van der Waals surface area contributed by atoms with E-state index in [1.165, 1.54) is 54.1 Å². The van der Waals surface area contributed by atoms with Crippen LogP contribution in [0.5, 0.6) is 0 Å². The molecule has 9 nitrogen and oxygen atoms in total. The largest absolute Gasteiger partial charge is 0.478 e. The normalized spacial score (nSPS) is 10.0. The SMILES string of the molecule is CC(C)c1ccc(NC(=O)c2ccc(C(=O)NO)cc2)cc1.O=C(O)c1ccc(C(=O)O)cc1. The molecule has 5 N–H and O–H groups in total. The lowest BCUT2D eigenvalue weighted by molar-refractivity contribution is 0.0681. The minimum atomic E-state index is -1.06. The van der Waals surface area contributed by atoms with Crippen LogP contribution in [-0.2, 0) is 0 Å². The van der Waals surface area contributed by atoms with E-state index < -0.39 is 17.8 Å². The molecule has 0 bridgehead atoms. The monoisotopic (exact) mass is 464 g/mol. The highest BCUT2D eigenvalue weighted by molar-refractivity contribution is 6.05. The van der Waals surface area contributed by atoms with Crippen molar-refractivity contribution in [3.63, 3.8) is 0 Å². The van der Waals surface area contributed by atoms with E-state index in [9.17, 15) is 19.2 Å². The van der Waals surface area contributed by atoms with E-state index in [4.69, 9.17) is 15.4 Å². The molecule has 0 aliphatic heterocycles. The molecule has 0 aliphatic carbocycles. The Morgan fingerprint density at radius 3 is 1.35 bits per heavy atom. The Morgan fingerprint density at radius 1 is 0.618 bits per heavy atom. The van der Waals surface area contributed by atoms with E-state index >= 15 is 0 Å². The highest BCUT2D eigenvalue weighted by Gasteiger charge is 2.09. The minimum Gasteiger partial charge on any atom is -0.478 e. The summed E-state index contributed by atoms with van der Waals surface area (Å²) in [6.45, 7) is 4.22. The Labute approximate surface area is 195 Å². The molecule has 0 atom stereocenters. The molecule has 2 amide bonds. The second-order valence-electron chi connectivity index (χ2n) is 7.44. The first kappa shape index (κ1) is 25.8. The first-order valence-electron chi connectivity index (χ1n) is 10.1. The van der Waals surface area contributed by atoms with Crippen molar-refractivity contribution >= 4 is 29.4 Å². The number of carbonyl (C=O) groups excluding carboxylic acids is 2. The third-order valence-electron chi connectivity index (χ3n) is 4.72. The van der Waals surface area contributed by atoms with E-state index in [2.05, 4.69) is 19.2 Å².